The van der Waals surface area contributed by atoms with E-state index >= 15 is 0 Å². The van der Waals surface area contributed by atoms with Gasteiger partial charge in [0.2, 0.25) is 11.8 Å². The summed E-state index contributed by atoms with van der Waals surface area (Å²) in [4.78, 5) is 11.9. The van der Waals surface area contributed by atoms with Crippen LogP contribution in [0.2, 0.25) is 0 Å². The van der Waals surface area contributed by atoms with Crippen molar-refractivity contribution in [3.05, 3.63) is 5.89 Å². The van der Waals surface area contributed by atoms with Crippen LogP contribution in [-0.4, -0.2) is 27.9 Å². The van der Waals surface area contributed by atoms with Gasteiger partial charge in [0.25, 0.3) is 5.22 Å². The van der Waals surface area contributed by atoms with Crippen LogP contribution in [0.25, 0.3) is 0 Å². The standard InChI is InChI=1S/C14H23N3O2S/c1-9(2)13-16-17-14(19-13)20-8-12(18)15-11-7-5-4-6-10(11)3/h9-11H,4-8H2,1-3H3,(H,15,18). The Morgan fingerprint density at radius 1 is 1.40 bits per heavy atom. The van der Waals surface area contributed by atoms with E-state index in [-0.39, 0.29) is 11.8 Å². The number of hydrogen-bond acceptors (Lipinski definition) is 5. The number of thioether (sulfide) groups is 1. The lowest BCUT2D eigenvalue weighted by atomic mass is 9.86. The van der Waals surface area contributed by atoms with Crippen molar-refractivity contribution >= 4 is 17.7 Å². The fraction of sp³-hybridized carbons (Fsp3) is 0.786. The fourth-order valence-electron chi connectivity index (χ4n) is 2.42. The molecule has 1 amide bonds. The molecule has 6 heteroatoms. The lowest BCUT2D eigenvalue weighted by Crippen LogP contribution is -2.41. The van der Waals surface area contributed by atoms with Gasteiger partial charge in [0, 0.05) is 12.0 Å². The average Bonchev–Trinajstić information content (AvgIpc) is 2.88. The highest BCUT2D eigenvalue weighted by Gasteiger charge is 2.23. The van der Waals surface area contributed by atoms with Crippen molar-refractivity contribution in [2.24, 2.45) is 5.92 Å². The summed E-state index contributed by atoms with van der Waals surface area (Å²) in [6, 6.07) is 0.325. The van der Waals surface area contributed by atoms with Crippen LogP contribution < -0.4 is 5.32 Å². The minimum absolute atomic E-state index is 0.0537. The van der Waals surface area contributed by atoms with Gasteiger partial charge in [-0.25, -0.2) is 0 Å². The Hall–Kier alpha value is -1.04. The summed E-state index contributed by atoms with van der Waals surface area (Å²) in [5.74, 6) is 1.80. The summed E-state index contributed by atoms with van der Waals surface area (Å²) in [7, 11) is 0. The number of nitrogens with one attached hydrogen (secondary N) is 1. The molecule has 0 saturated heterocycles. The van der Waals surface area contributed by atoms with E-state index in [4.69, 9.17) is 4.42 Å². The van der Waals surface area contributed by atoms with Gasteiger partial charge in [-0.05, 0) is 18.8 Å². The molecule has 1 aromatic rings. The van der Waals surface area contributed by atoms with Gasteiger partial charge < -0.3 is 9.73 Å². The highest BCUT2D eigenvalue weighted by molar-refractivity contribution is 7.99. The van der Waals surface area contributed by atoms with E-state index in [1.54, 1.807) is 0 Å². The van der Waals surface area contributed by atoms with Crippen LogP contribution in [0.5, 0.6) is 0 Å². The minimum Gasteiger partial charge on any atom is -0.416 e. The molecule has 112 valence electrons. The Kier molecular flexibility index (Phi) is 5.46. The molecule has 0 aliphatic heterocycles. The average molecular weight is 297 g/mol. The van der Waals surface area contributed by atoms with Crippen LogP contribution in [0.15, 0.2) is 9.64 Å². The monoisotopic (exact) mass is 297 g/mol. The fourth-order valence-corrected chi connectivity index (χ4v) is 3.00. The molecule has 0 bridgehead atoms. The molecule has 0 radical (unpaired) electrons. The number of carbonyl (C=O) groups is 1. The highest BCUT2D eigenvalue weighted by Crippen LogP contribution is 2.24. The molecule has 1 aliphatic carbocycles. The summed E-state index contributed by atoms with van der Waals surface area (Å²) in [6.45, 7) is 6.21. The molecular formula is C14H23N3O2S. The van der Waals surface area contributed by atoms with Crippen LogP contribution in [0.3, 0.4) is 0 Å². The third-order valence-corrected chi connectivity index (χ3v) is 4.52. The lowest BCUT2D eigenvalue weighted by molar-refractivity contribution is -0.119. The minimum atomic E-state index is 0.0537. The molecule has 5 nitrogen and oxygen atoms in total. The molecule has 1 N–H and O–H groups in total. The third kappa shape index (κ3) is 4.23. The summed E-state index contributed by atoms with van der Waals surface area (Å²) in [5.41, 5.74) is 0. The molecule has 1 fully saturated rings. The zero-order chi connectivity index (χ0) is 14.5. The van der Waals surface area contributed by atoms with E-state index in [0.717, 1.165) is 6.42 Å². The first-order chi connectivity index (χ1) is 9.56. The van der Waals surface area contributed by atoms with Crippen LogP contribution >= 0.6 is 11.8 Å². The largest absolute Gasteiger partial charge is 0.416 e. The van der Waals surface area contributed by atoms with Crippen molar-refractivity contribution in [2.45, 2.75) is 63.6 Å². The van der Waals surface area contributed by atoms with Gasteiger partial charge in [-0.1, -0.05) is 45.4 Å². The number of hydrogen-bond donors (Lipinski definition) is 1. The maximum Gasteiger partial charge on any atom is 0.277 e. The number of rotatable bonds is 5. The molecule has 0 aromatic carbocycles. The Bertz CT molecular complexity index is 447. The van der Waals surface area contributed by atoms with Crippen molar-refractivity contribution in [1.29, 1.82) is 0 Å². The van der Waals surface area contributed by atoms with E-state index in [2.05, 4.69) is 22.4 Å². The van der Waals surface area contributed by atoms with Gasteiger partial charge in [-0.2, -0.15) is 0 Å². The van der Waals surface area contributed by atoms with Gasteiger partial charge >= 0.3 is 0 Å². The Morgan fingerprint density at radius 2 is 2.15 bits per heavy atom. The van der Waals surface area contributed by atoms with Gasteiger partial charge in [-0.15, -0.1) is 10.2 Å². The van der Waals surface area contributed by atoms with Crippen molar-refractivity contribution in [1.82, 2.24) is 15.5 Å². The van der Waals surface area contributed by atoms with Gasteiger partial charge in [0.1, 0.15) is 0 Å². The molecule has 2 unspecified atom stereocenters. The first-order valence-corrected chi connectivity index (χ1v) is 8.30. The lowest BCUT2D eigenvalue weighted by Gasteiger charge is -2.29. The van der Waals surface area contributed by atoms with Gasteiger partial charge in [-0.3, -0.25) is 4.79 Å². The molecule has 0 spiro atoms. The van der Waals surface area contributed by atoms with E-state index in [1.807, 2.05) is 13.8 Å². The third-order valence-electron chi connectivity index (χ3n) is 3.70. The van der Waals surface area contributed by atoms with Gasteiger partial charge in [0.15, 0.2) is 0 Å². The molecule has 20 heavy (non-hydrogen) atoms. The molecule has 1 aliphatic rings. The first-order valence-electron chi connectivity index (χ1n) is 7.32. The molecule has 2 atom stereocenters. The van der Waals surface area contributed by atoms with E-state index < -0.39 is 0 Å². The highest BCUT2D eigenvalue weighted by atomic mass is 32.2. The summed E-state index contributed by atoms with van der Waals surface area (Å²) >= 11 is 1.30. The zero-order valence-electron chi connectivity index (χ0n) is 12.4. The van der Waals surface area contributed by atoms with Crippen molar-refractivity contribution in [3.8, 4) is 0 Å². The Balaban J connectivity index is 1.76. The van der Waals surface area contributed by atoms with Crippen molar-refractivity contribution in [2.75, 3.05) is 5.75 Å². The van der Waals surface area contributed by atoms with Gasteiger partial charge in [0.05, 0.1) is 5.75 Å². The quantitative estimate of drug-likeness (QED) is 0.846. The second-order valence-electron chi connectivity index (χ2n) is 5.79. The smallest absolute Gasteiger partial charge is 0.277 e. The van der Waals surface area contributed by atoms with Crippen LogP contribution in [-0.2, 0) is 4.79 Å². The maximum atomic E-state index is 11.9. The molecule has 1 heterocycles. The van der Waals surface area contributed by atoms with E-state index in [0.29, 0.717) is 28.8 Å². The molecular weight excluding hydrogens is 274 g/mol. The SMILES string of the molecule is CC(C)c1nnc(SCC(=O)NC2CCCCC2C)o1. The number of carbonyl (C=O) groups excluding carboxylic acids is 1. The predicted molar refractivity (Wildman–Crippen MR) is 78.7 cm³/mol. The van der Waals surface area contributed by atoms with E-state index in [1.165, 1.54) is 31.0 Å². The predicted octanol–water partition coefficient (Wildman–Crippen LogP) is 2.98. The van der Waals surface area contributed by atoms with Crippen molar-refractivity contribution < 1.29 is 9.21 Å². The number of aromatic nitrogens is 2. The summed E-state index contributed by atoms with van der Waals surface area (Å²) < 4.78 is 5.47. The molecule has 1 saturated carbocycles. The van der Waals surface area contributed by atoms with Crippen LogP contribution in [0.4, 0.5) is 0 Å². The molecule has 2 rings (SSSR count). The van der Waals surface area contributed by atoms with E-state index in [9.17, 15) is 4.79 Å². The number of amides is 1. The summed E-state index contributed by atoms with van der Waals surface area (Å²) in [5, 5.41) is 11.5. The normalized spacial score (nSPS) is 23.0. The summed E-state index contributed by atoms with van der Waals surface area (Å²) in [6.07, 6.45) is 4.79. The first kappa shape index (κ1) is 15.4. The Labute approximate surface area is 124 Å². The maximum absolute atomic E-state index is 11.9. The Morgan fingerprint density at radius 3 is 2.80 bits per heavy atom. The van der Waals surface area contributed by atoms with Crippen molar-refractivity contribution in [3.63, 3.8) is 0 Å². The van der Waals surface area contributed by atoms with Crippen LogP contribution in [0, 0.1) is 5.92 Å². The number of nitrogens with zero attached hydrogens (tertiary/aromatic N) is 2. The zero-order valence-corrected chi connectivity index (χ0v) is 13.2. The van der Waals surface area contributed by atoms with Crippen LogP contribution in [0.1, 0.15) is 58.3 Å². The molecule has 1 aromatic heterocycles. The second kappa shape index (κ2) is 7.11. The topological polar surface area (TPSA) is 68.0 Å². The second-order valence-corrected chi connectivity index (χ2v) is 6.71.